The first kappa shape index (κ1) is 54.6. The molecule has 0 aliphatic carbocycles. The Morgan fingerprint density at radius 3 is 1.27 bits per heavy atom. The molecule has 2 saturated heterocycles. The molecule has 0 spiro atoms. The van der Waals surface area contributed by atoms with Crippen LogP contribution in [0.1, 0.15) is 135 Å². The van der Waals surface area contributed by atoms with Crippen molar-refractivity contribution in [3.8, 4) is 0 Å². The van der Waals surface area contributed by atoms with E-state index >= 15 is 0 Å². The predicted octanol–water partition coefficient (Wildman–Crippen LogP) is 10.5. The van der Waals surface area contributed by atoms with Gasteiger partial charge in [0.25, 0.3) is 11.8 Å². The molecule has 2 aliphatic rings. The molecule has 0 bridgehead atoms. The maximum Gasteiger partial charge on any atom is 0.251 e. The second-order valence-corrected chi connectivity index (χ2v) is 21.6. The maximum atomic E-state index is 13.0. The molecule has 12 nitrogen and oxygen atoms in total. The van der Waals surface area contributed by atoms with Crippen molar-refractivity contribution < 1.29 is 19.2 Å². The number of piperidine rings is 2. The van der Waals surface area contributed by atoms with Crippen molar-refractivity contribution in [1.29, 1.82) is 0 Å². The van der Waals surface area contributed by atoms with Crippen molar-refractivity contribution in [3.05, 3.63) is 96.1 Å². The van der Waals surface area contributed by atoms with Gasteiger partial charge in [0.15, 0.2) is 0 Å². The summed E-state index contributed by atoms with van der Waals surface area (Å²) in [5.74, 6) is 1.03. The molecule has 0 unspecified atom stereocenters. The minimum atomic E-state index is -0.201. The van der Waals surface area contributed by atoms with Crippen LogP contribution in [0.5, 0.6) is 0 Å². The van der Waals surface area contributed by atoms with Gasteiger partial charge in [-0.05, 0) is 167 Å². The summed E-state index contributed by atoms with van der Waals surface area (Å²) in [5.41, 5.74) is 5.86. The van der Waals surface area contributed by atoms with Crippen molar-refractivity contribution >= 4 is 67.2 Å². The van der Waals surface area contributed by atoms with Gasteiger partial charge in [0, 0.05) is 92.0 Å². The Morgan fingerprint density at radius 1 is 0.507 bits per heavy atom. The SMILES string of the molecule is CC.CCCCn1c2ccccc2c2cc(C(=O)NCC3CCN(CC(=O)NC(C)(C)C)CC3)ccc21.CCCn1c2ccccc2c2cc(C(=O)NCC3CCN(CC(=O)NC(C)(C)C)CC3)ccc21. The normalized spacial score (nSPS) is 15.2. The van der Waals surface area contributed by atoms with Gasteiger partial charge in [-0.15, -0.1) is 0 Å². The van der Waals surface area contributed by atoms with Crippen LogP contribution < -0.4 is 21.3 Å². The fraction of sp³-hybridized carbons (Fsp3) is 0.525. The zero-order valence-corrected chi connectivity index (χ0v) is 44.7. The van der Waals surface area contributed by atoms with Gasteiger partial charge in [-0.1, -0.05) is 70.5 Å². The quantitative estimate of drug-likeness (QED) is 0.0810. The fourth-order valence-electron chi connectivity index (χ4n) is 10.1. The zero-order valence-electron chi connectivity index (χ0n) is 44.7. The van der Waals surface area contributed by atoms with Crippen LogP contribution in [0.3, 0.4) is 0 Å². The Hall–Kier alpha value is -5.72. The fourth-order valence-corrected chi connectivity index (χ4v) is 10.1. The van der Waals surface area contributed by atoms with E-state index in [2.05, 4.69) is 115 Å². The number of para-hydroxylation sites is 2. The third-order valence-corrected chi connectivity index (χ3v) is 13.5. The summed E-state index contributed by atoms with van der Waals surface area (Å²) in [6, 6.07) is 29.1. The summed E-state index contributed by atoms with van der Waals surface area (Å²) >= 11 is 0. The van der Waals surface area contributed by atoms with E-state index in [1.165, 1.54) is 32.8 Å². The minimum absolute atomic E-state index is 0.00993. The number of nitrogens with zero attached hydrogens (tertiary/aromatic N) is 4. The molecule has 71 heavy (non-hydrogen) atoms. The first-order valence-corrected chi connectivity index (χ1v) is 26.6. The Kier molecular flexibility index (Phi) is 19.3. The highest BCUT2D eigenvalue weighted by molar-refractivity contribution is 6.12. The van der Waals surface area contributed by atoms with Crippen LogP contribution in [0.25, 0.3) is 43.6 Å². The van der Waals surface area contributed by atoms with Crippen molar-refractivity contribution in [2.75, 3.05) is 52.4 Å². The topological polar surface area (TPSA) is 133 Å². The molecule has 4 amide bonds. The highest BCUT2D eigenvalue weighted by atomic mass is 16.2. The van der Waals surface area contributed by atoms with Crippen LogP contribution >= 0.6 is 0 Å². The lowest BCUT2D eigenvalue weighted by atomic mass is 9.96. The van der Waals surface area contributed by atoms with Gasteiger partial charge >= 0.3 is 0 Å². The summed E-state index contributed by atoms with van der Waals surface area (Å²) < 4.78 is 4.73. The number of aromatic nitrogens is 2. The van der Waals surface area contributed by atoms with E-state index in [9.17, 15) is 19.2 Å². The number of carbonyl (C=O) groups is 4. The number of rotatable bonds is 15. The van der Waals surface area contributed by atoms with Crippen LogP contribution in [-0.2, 0) is 22.7 Å². The Labute approximate surface area is 423 Å². The first-order chi connectivity index (χ1) is 34.0. The van der Waals surface area contributed by atoms with E-state index in [0.29, 0.717) is 49.1 Å². The zero-order chi connectivity index (χ0) is 51.3. The van der Waals surface area contributed by atoms with E-state index in [-0.39, 0.29) is 34.7 Å². The van der Waals surface area contributed by atoms with Gasteiger partial charge in [-0.3, -0.25) is 29.0 Å². The minimum Gasteiger partial charge on any atom is -0.352 e. The van der Waals surface area contributed by atoms with E-state index < -0.39 is 0 Å². The molecule has 2 aliphatic heterocycles. The second kappa shape index (κ2) is 25.1. The average molecular weight is 969 g/mol. The summed E-state index contributed by atoms with van der Waals surface area (Å²) in [5, 5.41) is 17.1. The van der Waals surface area contributed by atoms with Crippen LogP contribution in [0.15, 0.2) is 84.9 Å². The number of likely N-dealkylation sites (tertiary alicyclic amines) is 2. The van der Waals surface area contributed by atoms with Crippen molar-refractivity contribution in [1.82, 2.24) is 40.2 Å². The molecular formula is C59H84N8O4. The number of carbonyl (C=O) groups excluding carboxylic acids is 4. The molecule has 0 saturated carbocycles. The lowest BCUT2D eigenvalue weighted by Gasteiger charge is -2.32. The lowest BCUT2D eigenvalue weighted by molar-refractivity contribution is -0.124. The number of unbranched alkanes of at least 4 members (excludes halogenated alkanes) is 1. The second-order valence-electron chi connectivity index (χ2n) is 21.6. The van der Waals surface area contributed by atoms with Gasteiger partial charge in [-0.25, -0.2) is 0 Å². The maximum absolute atomic E-state index is 13.0. The summed E-state index contributed by atoms with van der Waals surface area (Å²) in [6.07, 6.45) is 7.32. The molecule has 4 aromatic carbocycles. The number of amides is 4. The first-order valence-electron chi connectivity index (χ1n) is 26.6. The number of hydrogen-bond donors (Lipinski definition) is 4. The van der Waals surface area contributed by atoms with Crippen molar-refractivity contribution in [2.45, 2.75) is 138 Å². The molecule has 0 radical (unpaired) electrons. The smallest absolute Gasteiger partial charge is 0.251 e. The highest BCUT2D eigenvalue weighted by Crippen LogP contribution is 2.32. The number of fused-ring (bicyclic) bond motifs is 6. The molecule has 4 heterocycles. The van der Waals surface area contributed by atoms with Gasteiger partial charge in [0.1, 0.15) is 0 Å². The third-order valence-electron chi connectivity index (χ3n) is 13.5. The molecule has 4 N–H and O–H groups in total. The molecule has 2 fully saturated rings. The summed E-state index contributed by atoms with van der Waals surface area (Å²) in [7, 11) is 0. The average Bonchev–Trinajstić information content (AvgIpc) is 3.83. The Morgan fingerprint density at radius 2 is 0.887 bits per heavy atom. The number of nitrogens with one attached hydrogen (secondary N) is 4. The molecule has 6 aromatic rings. The molecule has 384 valence electrons. The van der Waals surface area contributed by atoms with Crippen LogP contribution in [0, 0.1) is 11.8 Å². The number of benzene rings is 4. The van der Waals surface area contributed by atoms with E-state index in [4.69, 9.17) is 0 Å². The predicted molar refractivity (Wildman–Crippen MR) is 294 cm³/mol. The highest BCUT2D eigenvalue weighted by Gasteiger charge is 2.25. The van der Waals surface area contributed by atoms with E-state index in [1.807, 2.05) is 79.7 Å². The van der Waals surface area contributed by atoms with E-state index in [1.54, 1.807) is 0 Å². The Bertz CT molecular complexity index is 2720. The van der Waals surface area contributed by atoms with Gasteiger partial charge in [0.05, 0.1) is 13.1 Å². The lowest BCUT2D eigenvalue weighted by Crippen LogP contribution is -2.48. The monoisotopic (exact) mass is 969 g/mol. The van der Waals surface area contributed by atoms with Crippen molar-refractivity contribution in [3.63, 3.8) is 0 Å². The third kappa shape index (κ3) is 14.9. The molecule has 0 atom stereocenters. The number of hydrogen-bond acceptors (Lipinski definition) is 6. The number of aryl methyl sites for hydroxylation is 2. The summed E-state index contributed by atoms with van der Waals surface area (Å²) in [6.45, 7) is 28.2. The van der Waals surface area contributed by atoms with Crippen LogP contribution in [0.4, 0.5) is 0 Å². The summed E-state index contributed by atoms with van der Waals surface area (Å²) in [4.78, 5) is 54.8. The van der Waals surface area contributed by atoms with Crippen LogP contribution in [-0.4, -0.2) is 106 Å². The molecule has 2 aromatic heterocycles. The van der Waals surface area contributed by atoms with Crippen LogP contribution in [0.2, 0.25) is 0 Å². The Balaban J connectivity index is 0.000000225. The van der Waals surface area contributed by atoms with E-state index in [0.717, 1.165) is 95.0 Å². The van der Waals surface area contributed by atoms with Gasteiger partial charge in [0.2, 0.25) is 11.8 Å². The molecular weight excluding hydrogens is 885 g/mol. The molecule has 12 heteroatoms. The molecule has 8 rings (SSSR count). The van der Waals surface area contributed by atoms with Gasteiger partial charge < -0.3 is 30.4 Å². The van der Waals surface area contributed by atoms with Crippen molar-refractivity contribution in [2.24, 2.45) is 11.8 Å². The standard InChI is InChI=1S/C29H40N4O2.C28H38N4O2.C2H6/c1-5-6-15-33-25-10-8-7-9-23(25)24-18-22(11-12-26(24)33)28(35)30-19-21-13-16-32(17-14-21)20-27(34)31-29(2,3)4;1-5-14-32-24-9-7-6-8-22(24)23-17-21(10-11-25(23)32)27(34)29-18-20-12-15-31(16-13-20)19-26(33)30-28(2,3)4;1-2/h7-12,18,21H,5-6,13-17,19-20H2,1-4H3,(H,30,35)(H,31,34);6-11,17,20H,5,12-16,18-19H2,1-4H3,(H,29,34)(H,30,33);1-2H3. The van der Waals surface area contributed by atoms with Gasteiger partial charge in [-0.2, -0.15) is 0 Å². The largest absolute Gasteiger partial charge is 0.352 e.